The van der Waals surface area contributed by atoms with Crippen molar-refractivity contribution in [2.24, 2.45) is 5.10 Å². The van der Waals surface area contributed by atoms with Crippen LogP contribution in [0.15, 0.2) is 70.2 Å². The number of non-ortho nitro benzene ring substituents is 1. The first-order valence-corrected chi connectivity index (χ1v) is 7.42. The van der Waals surface area contributed by atoms with E-state index in [2.05, 4.69) is 10.5 Å². The molecule has 0 spiro atoms. The van der Waals surface area contributed by atoms with Gasteiger partial charge in [-0.3, -0.25) is 25.7 Å². The SMILES string of the molecule is O=[N+]([O-])c1ccc(-c2ccc(/C=N\Nc3ccccc3[N+](=O)[O-])o2)cc1. The molecule has 26 heavy (non-hydrogen) atoms. The molecule has 0 saturated heterocycles. The van der Waals surface area contributed by atoms with Crippen LogP contribution in [0, 0.1) is 20.2 Å². The lowest BCUT2D eigenvalue weighted by Gasteiger charge is -2.00. The van der Waals surface area contributed by atoms with Crippen LogP contribution in [0.2, 0.25) is 0 Å². The summed E-state index contributed by atoms with van der Waals surface area (Å²) in [6.45, 7) is 0. The van der Waals surface area contributed by atoms with Gasteiger partial charge in [-0.2, -0.15) is 5.10 Å². The zero-order valence-electron chi connectivity index (χ0n) is 13.2. The summed E-state index contributed by atoms with van der Waals surface area (Å²) in [5.41, 5.74) is 3.46. The van der Waals surface area contributed by atoms with Gasteiger partial charge in [-0.05, 0) is 30.3 Å². The first-order chi connectivity index (χ1) is 12.5. The molecule has 1 N–H and O–H groups in total. The van der Waals surface area contributed by atoms with Crippen LogP contribution in [0.4, 0.5) is 17.1 Å². The predicted molar refractivity (Wildman–Crippen MR) is 95.1 cm³/mol. The van der Waals surface area contributed by atoms with E-state index in [4.69, 9.17) is 4.42 Å². The number of hydrazone groups is 1. The fraction of sp³-hybridized carbons (Fsp3) is 0. The third-order valence-corrected chi connectivity index (χ3v) is 3.47. The van der Waals surface area contributed by atoms with Gasteiger partial charge in [0.25, 0.3) is 11.4 Å². The molecule has 0 unspecified atom stereocenters. The van der Waals surface area contributed by atoms with E-state index in [1.807, 2.05) is 0 Å². The minimum Gasteiger partial charge on any atom is -0.455 e. The number of furan rings is 1. The molecule has 3 rings (SSSR count). The second-order valence-corrected chi connectivity index (χ2v) is 5.15. The Bertz CT molecular complexity index is 979. The Morgan fingerprint density at radius 2 is 1.65 bits per heavy atom. The van der Waals surface area contributed by atoms with Gasteiger partial charge in [-0.25, -0.2) is 0 Å². The monoisotopic (exact) mass is 352 g/mol. The van der Waals surface area contributed by atoms with Crippen molar-refractivity contribution < 1.29 is 14.3 Å². The molecule has 130 valence electrons. The molecule has 0 aliphatic rings. The average Bonchev–Trinajstić information content (AvgIpc) is 3.11. The molecule has 2 aromatic carbocycles. The van der Waals surface area contributed by atoms with Gasteiger partial charge in [-0.1, -0.05) is 12.1 Å². The molecule has 0 amide bonds. The highest BCUT2D eigenvalue weighted by atomic mass is 16.6. The van der Waals surface area contributed by atoms with E-state index in [1.54, 1.807) is 42.5 Å². The van der Waals surface area contributed by atoms with Gasteiger partial charge in [-0.15, -0.1) is 0 Å². The number of nitrogens with one attached hydrogen (secondary N) is 1. The number of benzene rings is 2. The molecule has 1 heterocycles. The van der Waals surface area contributed by atoms with Crippen molar-refractivity contribution in [2.45, 2.75) is 0 Å². The first-order valence-electron chi connectivity index (χ1n) is 7.42. The summed E-state index contributed by atoms with van der Waals surface area (Å²) in [7, 11) is 0. The highest BCUT2D eigenvalue weighted by Crippen LogP contribution is 2.25. The molecule has 0 atom stereocenters. The number of anilines is 1. The summed E-state index contributed by atoms with van der Waals surface area (Å²) in [6.07, 6.45) is 1.38. The van der Waals surface area contributed by atoms with Crippen LogP contribution in [0.3, 0.4) is 0 Å². The van der Waals surface area contributed by atoms with E-state index in [0.717, 1.165) is 0 Å². The Morgan fingerprint density at radius 1 is 0.923 bits per heavy atom. The third kappa shape index (κ3) is 3.73. The predicted octanol–water partition coefficient (Wildman–Crippen LogP) is 4.21. The van der Waals surface area contributed by atoms with E-state index < -0.39 is 9.85 Å². The largest absolute Gasteiger partial charge is 0.455 e. The zero-order valence-corrected chi connectivity index (χ0v) is 13.2. The summed E-state index contributed by atoms with van der Waals surface area (Å²) in [4.78, 5) is 20.6. The molecule has 9 nitrogen and oxygen atoms in total. The van der Waals surface area contributed by atoms with Crippen LogP contribution in [0.25, 0.3) is 11.3 Å². The minimum atomic E-state index is -0.503. The Labute approximate surface area is 146 Å². The third-order valence-electron chi connectivity index (χ3n) is 3.47. The van der Waals surface area contributed by atoms with Crippen LogP contribution in [0.1, 0.15) is 5.76 Å². The maximum atomic E-state index is 10.9. The van der Waals surface area contributed by atoms with Crippen molar-refractivity contribution in [3.05, 3.63) is 86.7 Å². The number of hydrogen-bond acceptors (Lipinski definition) is 7. The lowest BCUT2D eigenvalue weighted by Crippen LogP contribution is -1.96. The normalized spacial score (nSPS) is 10.8. The van der Waals surface area contributed by atoms with Crippen molar-refractivity contribution in [1.82, 2.24) is 0 Å². The number of nitro benzene ring substituents is 2. The summed E-state index contributed by atoms with van der Waals surface area (Å²) < 4.78 is 5.59. The summed E-state index contributed by atoms with van der Waals surface area (Å²) in [5.74, 6) is 0.941. The van der Waals surface area contributed by atoms with Crippen molar-refractivity contribution in [2.75, 3.05) is 5.43 Å². The van der Waals surface area contributed by atoms with Crippen LogP contribution < -0.4 is 5.43 Å². The van der Waals surface area contributed by atoms with Gasteiger partial charge in [0.1, 0.15) is 17.2 Å². The van der Waals surface area contributed by atoms with E-state index in [1.165, 1.54) is 24.4 Å². The van der Waals surface area contributed by atoms with Crippen LogP contribution in [-0.4, -0.2) is 16.1 Å². The van der Waals surface area contributed by atoms with E-state index in [-0.39, 0.29) is 17.1 Å². The van der Waals surface area contributed by atoms with Crippen molar-refractivity contribution in [1.29, 1.82) is 0 Å². The van der Waals surface area contributed by atoms with Crippen molar-refractivity contribution in [3.8, 4) is 11.3 Å². The first kappa shape index (κ1) is 16.8. The fourth-order valence-electron chi connectivity index (χ4n) is 2.22. The molecule has 0 saturated carbocycles. The number of hydrogen-bond donors (Lipinski definition) is 1. The van der Waals surface area contributed by atoms with Crippen LogP contribution in [-0.2, 0) is 0 Å². The summed E-state index contributed by atoms with van der Waals surface area (Å²) in [5, 5.41) is 25.5. The molecule has 0 fully saturated rings. The van der Waals surface area contributed by atoms with E-state index >= 15 is 0 Å². The standard InChI is InChI=1S/C17H12N4O5/c22-20(23)13-7-5-12(6-8-13)17-10-9-14(26-17)11-18-19-15-3-1-2-4-16(15)21(24)25/h1-11,19H/b18-11-. The number of nitro groups is 2. The Hall–Kier alpha value is -4.01. The fourth-order valence-corrected chi connectivity index (χ4v) is 2.22. The number of rotatable bonds is 6. The quantitative estimate of drug-likeness (QED) is 0.402. The molecule has 9 heteroatoms. The van der Waals surface area contributed by atoms with Crippen molar-refractivity contribution in [3.63, 3.8) is 0 Å². The van der Waals surface area contributed by atoms with E-state index in [0.29, 0.717) is 17.1 Å². The highest BCUT2D eigenvalue weighted by molar-refractivity contribution is 5.78. The molecular weight excluding hydrogens is 340 g/mol. The molecule has 3 aromatic rings. The summed E-state index contributed by atoms with van der Waals surface area (Å²) in [6, 6.07) is 15.5. The molecule has 0 radical (unpaired) electrons. The minimum absolute atomic E-state index is 0.00394. The molecular formula is C17H12N4O5. The maximum absolute atomic E-state index is 10.9. The van der Waals surface area contributed by atoms with Gasteiger partial charge in [0.15, 0.2) is 0 Å². The molecule has 0 aliphatic carbocycles. The van der Waals surface area contributed by atoms with Crippen molar-refractivity contribution >= 4 is 23.3 Å². The number of para-hydroxylation sites is 2. The number of nitrogens with zero attached hydrogens (tertiary/aromatic N) is 3. The topological polar surface area (TPSA) is 124 Å². The zero-order chi connectivity index (χ0) is 18.5. The second kappa shape index (κ2) is 7.26. The molecule has 1 aromatic heterocycles. The lowest BCUT2D eigenvalue weighted by atomic mass is 10.1. The van der Waals surface area contributed by atoms with Crippen LogP contribution >= 0.6 is 0 Å². The van der Waals surface area contributed by atoms with Gasteiger partial charge >= 0.3 is 0 Å². The van der Waals surface area contributed by atoms with E-state index in [9.17, 15) is 20.2 Å². The maximum Gasteiger partial charge on any atom is 0.294 e. The molecule has 0 aliphatic heterocycles. The lowest BCUT2D eigenvalue weighted by molar-refractivity contribution is -0.384. The average molecular weight is 352 g/mol. The Balaban J connectivity index is 1.71. The molecule has 0 bridgehead atoms. The Kier molecular flexibility index (Phi) is 4.70. The van der Waals surface area contributed by atoms with Gasteiger partial charge in [0, 0.05) is 23.8 Å². The van der Waals surface area contributed by atoms with Crippen LogP contribution in [0.5, 0.6) is 0 Å². The van der Waals surface area contributed by atoms with Gasteiger partial charge < -0.3 is 4.42 Å². The second-order valence-electron chi connectivity index (χ2n) is 5.15. The summed E-state index contributed by atoms with van der Waals surface area (Å²) >= 11 is 0. The van der Waals surface area contributed by atoms with Gasteiger partial charge in [0.2, 0.25) is 0 Å². The van der Waals surface area contributed by atoms with Gasteiger partial charge in [0.05, 0.1) is 16.1 Å². The smallest absolute Gasteiger partial charge is 0.294 e. The highest BCUT2D eigenvalue weighted by Gasteiger charge is 2.11. The Morgan fingerprint density at radius 3 is 2.35 bits per heavy atom.